The maximum Gasteiger partial charge on any atom is 0.336 e. The molecule has 2 aromatic rings. The van der Waals surface area contributed by atoms with Crippen LogP contribution in [0.3, 0.4) is 0 Å². The van der Waals surface area contributed by atoms with Gasteiger partial charge in [-0.05, 0) is 24.8 Å². The Hall–Kier alpha value is -4.03. The number of methoxy groups -OCH3 is 1. The van der Waals surface area contributed by atoms with Crippen molar-refractivity contribution >= 4 is 35.4 Å². The molecule has 39 heavy (non-hydrogen) atoms. The largest absolute Gasteiger partial charge is 0.478 e. The molecule has 2 N–H and O–H groups in total. The molecule has 0 bridgehead atoms. The maximum absolute atomic E-state index is 14.3. The summed E-state index contributed by atoms with van der Waals surface area (Å²) in [5, 5.41) is 11.1. The van der Waals surface area contributed by atoms with E-state index in [0.29, 0.717) is 31.6 Å². The minimum Gasteiger partial charge on any atom is -0.478 e. The van der Waals surface area contributed by atoms with Crippen molar-refractivity contribution in [1.29, 1.82) is 0 Å². The van der Waals surface area contributed by atoms with Crippen LogP contribution in [0.2, 0.25) is 5.02 Å². The second kappa shape index (κ2) is 11.0. The van der Waals surface area contributed by atoms with Crippen molar-refractivity contribution < 1.29 is 38.1 Å². The Morgan fingerprint density at radius 2 is 1.97 bits per heavy atom. The van der Waals surface area contributed by atoms with Crippen LogP contribution in [0.1, 0.15) is 39.3 Å². The molecule has 0 atom stereocenters. The van der Waals surface area contributed by atoms with E-state index in [4.69, 9.17) is 26.2 Å². The van der Waals surface area contributed by atoms with Gasteiger partial charge in [0.1, 0.15) is 11.4 Å². The standard InChI is InChI=1S/C26H25ClFN3O8/c1-30-13-26(8-14(9-26)12-38-2)31-11-16(24(36)29-10-15-4-3-5-17(27)20(15)28)22(35)23(21(31)25(30)37)39-19(34)7-6-18(32)33/h3-7,11,14H,8-10,12-13H2,1-2H3,(H,29,36)(H,32,33)/b7-6+. The van der Waals surface area contributed by atoms with E-state index in [-0.39, 0.29) is 35.3 Å². The summed E-state index contributed by atoms with van der Waals surface area (Å²) in [7, 11) is 3.11. The zero-order chi connectivity index (χ0) is 28.5. The summed E-state index contributed by atoms with van der Waals surface area (Å²) in [6.07, 6.45) is 3.45. The van der Waals surface area contributed by atoms with E-state index < -0.39 is 51.9 Å². The third-order valence-electron chi connectivity index (χ3n) is 6.78. The number of esters is 1. The van der Waals surface area contributed by atoms with Crippen LogP contribution in [-0.2, 0) is 26.4 Å². The quantitative estimate of drug-likeness (QED) is 0.368. The Morgan fingerprint density at radius 3 is 2.64 bits per heavy atom. The third-order valence-corrected chi connectivity index (χ3v) is 7.07. The number of aliphatic carboxylic acids is 1. The highest BCUT2D eigenvalue weighted by Crippen LogP contribution is 2.48. The molecule has 11 nitrogen and oxygen atoms in total. The molecule has 2 amide bonds. The van der Waals surface area contributed by atoms with Crippen molar-refractivity contribution in [3.8, 4) is 5.75 Å². The third kappa shape index (κ3) is 5.43. The van der Waals surface area contributed by atoms with Gasteiger partial charge in [0.2, 0.25) is 11.2 Å². The van der Waals surface area contributed by atoms with Crippen LogP contribution in [0.5, 0.6) is 5.75 Å². The number of likely N-dealkylation sites (N-methyl/N-ethyl adjacent to an activating group) is 1. The van der Waals surface area contributed by atoms with Crippen LogP contribution in [0.15, 0.2) is 41.3 Å². The first kappa shape index (κ1) is 28.0. The molecule has 1 fully saturated rings. The van der Waals surface area contributed by atoms with Gasteiger partial charge in [0.25, 0.3) is 11.8 Å². The molecule has 206 valence electrons. The first-order valence-corrected chi connectivity index (χ1v) is 12.2. The maximum atomic E-state index is 14.3. The van der Waals surface area contributed by atoms with Gasteiger partial charge in [0, 0.05) is 57.8 Å². The number of carbonyl (C=O) groups excluding carboxylic acids is 3. The van der Waals surface area contributed by atoms with Gasteiger partial charge < -0.3 is 29.4 Å². The molecule has 4 rings (SSSR count). The predicted octanol–water partition coefficient (Wildman–Crippen LogP) is 1.95. The van der Waals surface area contributed by atoms with Crippen LogP contribution in [0.4, 0.5) is 4.39 Å². The molecule has 1 aromatic carbocycles. The fraction of sp³-hybridized carbons (Fsp3) is 0.346. The molecule has 0 saturated heterocycles. The summed E-state index contributed by atoms with van der Waals surface area (Å²) in [4.78, 5) is 64.4. The lowest BCUT2D eigenvalue weighted by Crippen LogP contribution is -2.60. The van der Waals surface area contributed by atoms with Gasteiger partial charge in [-0.3, -0.25) is 14.4 Å². The summed E-state index contributed by atoms with van der Waals surface area (Å²) in [5.41, 5.74) is -2.37. The van der Waals surface area contributed by atoms with Crippen LogP contribution < -0.4 is 15.5 Å². The van der Waals surface area contributed by atoms with E-state index in [1.54, 1.807) is 7.11 Å². The number of nitrogens with one attached hydrogen (secondary N) is 1. The van der Waals surface area contributed by atoms with E-state index in [1.165, 1.54) is 40.9 Å². The van der Waals surface area contributed by atoms with E-state index in [9.17, 15) is 28.4 Å². The molecule has 1 aliphatic heterocycles. The monoisotopic (exact) mass is 561 g/mol. The Balaban J connectivity index is 1.79. The number of carboxylic acids is 1. The highest BCUT2D eigenvalue weighted by atomic mass is 35.5. The zero-order valence-corrected chi connectivity index (χ0v) is 21.8. The number of pyridine rings is 1. The Morgan fingerprint density at radius 1 is 1.26 bits per heavy atom. The molecule has 0 unspecified atom stereocenters. The SMILES string of the molecule is COCC1CC2(C1)CN(C)C(=O)c1c(OC(=O)/C=C/C(=O)O)c(=O)c(C(=O)NCc3cccc(Cl)c3F)cn12. The molecule has 13 heteroatoms. The smallest absolute Gasteiger partial charge is 0.336 e. The van der Waals surface area contributed by atoms with Gasteiger partial charge in [-0.15, -0.1) is 0 Å². The van der Waals surface area contributed by atoms with Crippen molar-refractivity contribution in [3.05, 3.63) is 74.4 Å². The Labute approximate surface area is 226 Å². The summed E-state index contributed by atoms with van der Waals surface area (Å²) in [6.45, 7) is 0.434. The van der Waals surface area contributed by atoms with Gasteiger partial charge in [-0.1, -0.05) is 23.7 Å². The number of hydrogen-bond acceptors (Lipinski definition) is 7. The fourth-order valence-corrected chi connectivity index (χ4v) is 5.31. The predicted molar refractivity (Wildman–Crippen MR) is 135 cm³/mol. The van der Waals surface area contributed by atoms with E-state index in [2.05, 4.69) is 5.32 Å². The normalized spacial score (nSPS) is 20.1. The van der Waals surface area contributed by atoms with Crippen LogP contribution >= 0.6 is 11.6 Å². The highest BCUT2D eigenvalue weighted by Gasteiger charge is 2.52. The number of hydrogen-bond donors (Lipinski definition) is 2. The minimum absolute atomic E-state index is 0.0778. The summed E-state index contributed by atoms with van der Waals surface area (Å²) in [6, 6.07) is 4.26. The lowest BCUT2D eigenvalue weighted by molar-refractivity contribution is -0.133. The van der Waals surface area contributed by atoms with Crippen molar-refractivity contribution in [2.45, 2.75) is 24.9 Å². The number of amides is 2. The number of aromatic nitrogens is 1. The molecule has 1 spiro atoms. The lowest BCUT2D eigenvalue weighted by atomic mass is 9.67. The van der Waals surface area contributed by atoms with Gasteiger partial charge in [0.15, 0.2) is 5.69 Å². The molecular weight excluding hydrogens is 537 g/mol. The first-order chi connectivity index (χ1) is 18.5. The van der Waals surface area contributed by atoms with Crippen molar-refractivity contribution in [3.63, 3.8) is 0 Å². The lowest BCUT2D eigenvalue weighted by Gasteiger charge is -2.54. The van der Waals surface area contributed by atoms with Crippen LogP contribution in [0, 0.1) is 11.7 Å². The summed E-state index contributed by atoms with van der Waals surface area (Å²) >= 11 is 5.80. The number of carboxylic acid groups (broad SMARTS) is 1. The Kier molecular flexibility index (Phi) is 7.89. The molecule has 2 aliphatic rings. The number of fused-ring (bicyclic) bond motifs is 2. The average molecular weight is 562 g/mol. The van der Waals surface area contributed by atoms with Crippen LogP contribution in [-0.4, -0.2) is 65.6 Å². The average Bonchev–Trinajstić information content (AvgIpc) is 2.86. The van der Waals surface area contributed by atoms with Gasteiger partial charge in [-0.2, -0.15) is 0 Å². The van der Waals surface area contributed by atoms with E-state index in [0.717, 1.165) is 0 Å². The fourth-order valence-electron chi connectivity index (χ4n) is 5.12. The van der Waals surface area contributed by atoms with Crippen molar-refractivity contribution in [2.24, 2.45) is 5.92 Å². The number of benzene rings is 1. The second-order valence-electron chi connectivity index (χ2n) is 9.52. The van der Waals surface area contributed by atoms with Gasteiger partial charge in [-0.25, -0.2) is 14.0 Å². The first-order valence-electron chi connectivity index (χ1n) is 11.9. The number of carbonyl (C=O) groups is 4. The number of rotatable bonds is 8. The summed E-state index contributed by atoms with van der Waals surface area (Å²) in [5.74, 6) is -5.46. The molecular formula is C26H25ClFN3O8. The van der Waals surface area contributed by atoms with Crippen molar-refractivity contribution in [2.75, 3.05) is 27.3 Å². The minimum atomic E-state index is -1.43. The van der Waals surface area contributed by atoms with Crippen molar-refractivity contribution in [1.82, 2.24) is 14.8 Å². The highest BCUT2D eigenvalue weighted by molar-refractivity contribution is 6.30. The zero-order valence-electron chi connectivity index (χ0n) is 21.0. The summed E-state index contributed by atoms with van der Waals surface area (Å²) < 4.78 is 26.2. The molecule has 1 aliphatic carbocycles. The molecule has 2 heterocycles. The topological polar surface area (TPSA) is 144 Å². The molecule has 0 radical (unpaired) electrons. The molecule has 1 aromatic heterocycles. The van der Waals surface area contributed by atoms with Gasteiger partial charge in [0.05, 0.1) is 10.6 Å². The number of ether oxygens (including phenoxy) is 2. The number of nitrogens with zero attached hydrogens (tertiary/aromatic N) is 2. The van der Waals surface area contributed by atoms with Gasteiger partial charge >= 0.3 is 11.9 Å². The van der Waals surface area contributed by atoms with E-state index in [1.807, 2.05) is 0 Å². The second-order valence-corrected chi connectivity index (χ2v) is 9.93. The molecule has 1 saturated carbocycles. The van der Waals surface area contributed by atoms with E-state index >= 15 is 0 Å². The Bertz CT molecular complexity index is 1450. The number of halogens is 2. The van der Waals surface area contributed by atoms with Crippen LogP contribution in [0.25, 0.3) is 0 Å².